The maximum Gasteiger partial charge on any atom is 0.269 e. The van der Waals surface area contributed by atoms with Gasteiger partial charge in [-0.15, -0.1) is 10.2 Å². The van der Waals surface area contributed by atoms with Crippen LogP contribution in [0.3, 0.4) is 0 Å². The average molecular weight is 695 g/mol. The molecule has 5 aromatic rings. The zero-order valence-corrected chi connectivity index (χ0v) is 30.0. The van der Waals surface area contributed by atoms with Crippen molar-refractivity contribution in [1.82, 2.24) is 33.8 Å². The van der Waals surface area contributed by atoms with Crippen LogP contribution in [-0.4, -0.2) is 108 Å². The van der Waals surface area contributed by atoms with Crippen molar-refractivity contribution < 1.29 is 13.2 Å². The largest absolute Gasteiger partial charge is 0.381 e. The minimum atomic E-state index is -3.93. The van der Waals surface area contributed by atoms with E-state index < -0.39 is 10.0 Å². The standard InChI is InChI=1S/C38H46N8O3S/c1-4-42-12-10-32(11-13-42)45-23-31(21-39-45)35-24-46(50(47,48)33-8-6-5-7-9-33)38-34(35)20-36(40-41-38)30-18-27(2)37(28(3)19-30)44-16-14-43(15-17-44)22-29-25-49-26-29/h5-9,18-21,23-24,29,32H,4,10-17,22,25-26H2,1-3H3. The molecule has 0 aliphatic carbocycles. The molecule has 0 radical (unpaired) electrons. The topological polar surface area (TPSA) is 102 Å². The monoisotopic (exact) mass is 694 g/mol. The first-order chi connectivity index (χ1) is 24.3. The number of fused-ring (bicyclic) bond motifs is 1. The van der Waals surface area contributed by atoms with Crippen molar-refractivity contribution in [2.75, 3.05) is 70.5 Å². The van der Waals surface area contributed by atoms with Crippen LogP contribution in [0.1, 0.15) is 36.9 Å². The van der Waals surface area contributed by atoms with E-state index in [1.165, 1.54) is 20.8 Å². The second-order valence-corrected chi connectivity index (χ2v) is 16.0. The number of hydrogen-bond donors (Lipinski definition) is 0. The van der Waals surface area contributed by atoms with E-state index in [1.54, 1.807) is 30.5 Å². The maximum atomic E-state index is 14.0. The summed E-state index contributed by atoms with van der Waals surface area (Å²) in [6.45, 7) is 16.7. The Bertz CT molecular complexity index is 2070. The van der Waals surface area contributed by atoms with Crippen LogP contribution in [0.2, 0.25) is 0 Å². The number of nitrogens with zero attached hydrogens (tertiary/aromatic N) is 8. The number of benzene rings is 2. The lowest BCUT2D eigenvalue weighted by molar-refractivity contribution is -0.0469. The Kier molecular flexibility index (Phi) is 8.96. The molecule has 0 unspecified atom stereocenters. The Balaban J connectivity index is 1.14. The van der Waals surface area contributed by atoms with E-state index >= 15 is 0 Å². The molecule has 0 saturated carbocycles. The lowest BCUT2D eigenvalue weighted by atomic mass is 9.99. The molecule has 11 nitrogen and oxygen atoms in total. The van der Waals surface area contributed by atoms with E-state index in [0.717, 1.165) is 100 Å². The zero-order valence-electron chi connectivity index (χ0n) is 29.2. The fraction of sp³-hybridized carbons (Fsp3) is 0.447. The second kappa shape index (κ2) is 13.6. The summed E-state index contributed by atoms with van der Waals surface area (Å²) in [5, 5.41) is 14.7. The number of hydrogen-bond acceptors (Lipinski definition) is 9. The highest BCUT2D eigenvalue weighted by Crippen LogP contribution is 2.37. The molecular formula is C38H46N8O3S. The van der Waals surface area contributed by atoms with Gasteiger partial charge in [0.1, 0.15) is 0 Å². The number of piperazine rings is 1. The predicted octanol–water partition coefficient (Wildman–Crippen LogP) is 5.24. The molecule has 12 heteroatoms. The molecule has 0 amide bonds. The minimum absolute atomic E-state index is 0.201. The molecule has 8 rings (SSSR count). The number of piperidine rings is 1. The van der Waals surface area contributed by atoms with Gasteiger partial charge in [0.15, 0.2) is 5.65 Å². The lowest BCUT2D eigenvalue weighted by Gasteiger charge is -2.40. The highest BCUT2D eigenvalue weighted by atomic mass is 32.2. The Hall–Kier alpha value is -4.10. The van der Waals surface area contributed by atoms with Gasteiger partial charge in [0.25, 0.3) is 10.0 Å². The molecule has 0 bridgehead atoms. The van der Waals surface area contributed by atoms with Crippen molar-refractivity contribution in [3.63, 3.8) is 0 Å². The zero-order chi connectivity index (χ0) is 34.4. The molecule has 0 N–H and O–H groups in total. The van der Waals surface area contributed by atoms with Gasteiger partial charge in [-0.25, -0.2) is 12.4 Å². The minimum Gasteiger partial charge on any atom is -0.381 e. The number of aryl methyl sites for hydroxylation is 2. The first-order valence-corrected chi connectivity index (χ1v) is 19.4. The fourth-order valence-corrected chi connectivity index (χ4v) is 9.28. The smallest absolute Gasteiger partial charge is 0.269 e. The molecule has 6 heterocycles. The summed E-state index contributed by atoms with van der Waals surface area (Å²) in [4.78, 5) is 7.74. The first kappa shape index (κ1) is 33.1. The van der Waals surface area contributed by atoms with E-state index in [9.17, 15) is 8.42 Å². The number of rotatable bonds is 9. The Labute approximate surface area is 294 Å². The van der Waals surface area contributed by atoms with E-state index in [1.807, 2.05) is 18.3 Å². The third-order valence-corrected chi connectivity index (χ3v) is 12.5. The Morgan fingerprint density at radius 2 is 1.56 bits per heavy atom. The van der Waals surface area contributed by atoms with E-state index in [2.05, 4.69) is 68.7 Å². The SMILES string of the molecule is CCN1CCC(n2cc(-c3cn(S(=O)(=O)c4ccccc4)c4nnc(-c5cc(C)c(N6CCN(CC7COC7)CC6)c(C)c5)cc34)cn2)CC1. The van der Waals surface area contributed by atoms with Gasteiger partial charge in [0.05, 0.1) is 36.0 Å². The number of likely N-dealkylation sites (tertiary alicyclic amines) is 1. The second-order valence-electron chi connectivity index (χ2n) is 14.1. The molecule has 262 valence electrons. The van der Waals surface area contributed by atoms with Gasteiger partial charge < -0.3 is 14.5 Å². The summed E-state index contributed by atoms with van der Waals surface area (Å²) < 4.78 is 36.7. The van der Waals surface area contributed by atoms with Crippen LogP contribution in [-0.2, 0) is 14.8 Å². The van der Waals surface area contributed by atoms with Gasteiger partial charge in [-0.1, -0.05) is 25.1 Å². The summed E-state index contributed by atoms with van der Waals surface area (Å²) in [7, 11) is -3.93. The van der Waals surface area contributed by atoms with Crippen LogP contribution in [0.25, 0.3) is 33.4 Å². The molecule has 3 aliphatic heterocycles. The molecule has 50 heavy (non-hydrogen) atoms. The Morgan fingerprint density at radius 1 is 0.840 bits per heavy atom. The summed E-state index contributed by atoms with van der Waals surface area (Å²) >= 11 is 0. The third-order valence-electron chi connectivity index (χ3n) is 10.8. The van der Waals surface area contributed by atoms with E-state index in [-0.39, 0.29) is 4.90 Å². The van der Waals surface area contributed by atoms with Crippen LogP contribution in [0.5, 0.6) is 0 Å². The van der Waals surface area contributed by atoms with E-state index in [0.29, 0.717) is 23.3 Å². The average Bonchev–Trinajstić information content (AvgIpc) is 3.76. The number of ether oxygens (including phenoxy) is 1. The van der Waals surface area contributed by atoms with Gasteiger partial charge in [-0.05, 0) is 74.7 Å². The summed E-state index contributed by atoms with van der Waals surface area (Å²) in [5.41, 5.74) is 7.28. The Morgan fingerprint density at radius 3 is 2.22 bits per heavy atom. The van der Waals surface area contributed by atoms with Gasteiger partial charge in [0, 0.05) is 91.9 Å². The van der Waals surface area contributed by atoms with Crippen molar-refractivity contribution in [2.45, 2.75) is 44.6 Å². The van der Waals surface area contributed by atoms with Crippen molar-refractivity contribution in [2.24, 2.45) is 5.92 Å². The van der Waals surface area contributed by atoms with Crippen LogP contribution < -0.4 is 4.90 Å². The maximum absolute atomic E-state index is 14.0. The molecular weight excluding hydrogens is 649 g/mol. The highest BCUT2D eigenvalue weighted by molar-refractivity contribution is 7.90. The molecule has 2 aromatic carbocycles. The third kappa shape index (κ3) is 6.23. The summed E-state index contributed by atoms with van der Waals surface area (Å²) in [6.07, 6.45) is 7.67. The van der Waals surface area contributed by atoms with Crippen LogP contribution >= 0.6 is 0 Å². The summed E-state index contributed by atoms with van der Waals surface area (Å²) in [5.74, 6) is 0.679. The van der Waals surface area contributed by atoms with Gasteiger partial charge >= 0.3 is 0 Å². The molecule has 3 fully saturated rings. The number of aromatic nitrogens is 5. The molecule has 0 atom stereocenters. The van der Waals surface area contributed by atoms with Crippen LogP contribution in [0, 0.1) is 19.8 Å². The van der Waals surface area contributed by atoms with Crippen LogP contribution in [0.4, 0.5) is 5.69 Å². The van der Waals surface area contributed by atoms with Gasteiger partial charge in [0.2, 0.25) is 0 Å². The molecule has 3 aromatic heterocycles. The molecule has 3 saturated heterocycles. The van der Waals surface area contributed by atoms with Crippen molar-refractivity contribution in [3.05, 3.63) is 78.2 Å². The quantitative estimate of drug-likeness (QED) is 0.205. The van der Waals surface area contributed by atoms with Crippen molar-refractivity contribution >= 4 is 26.7 Å². The van der Waals surface area contributed by atoms with Gasteiger partial charge in [-0.3, -0.25) is 9.58 Å². The molecule has 0 spiro atoms. The van der Waals surface area contributed by atoms with Crippen LogP contribution in [0.15, 0.2) is 72.0 Å². The lowest BCUT2D eigenvalue weighted by Crippen LogP contribution is -2.50. The first-order valence-electron chi connectivity index (χ1n) is 17.9. The molecule has 3 aliphatic rings. The predicted molar refractivity (Wildman–Crippen MR) is 196 cm³/mol. The van der Waals surface area contributed by atoms with Crippen molar-refractivity contribution in [3.8, 4) is 22.4 Å². The number of anilines is 1. The van der Waals surface area contributed by atoms with Gasteiger partial charge in [-0.2, -0.15) is 5.10 Å². The highest BCUT2D eigenvalue weighted by Gasteiger charge is 2.28. The fourth-order valence-electron chi connectivity index (χ4n) is 7.94. The van der Waals surface area contributed by atoms with Crippen molar-refractivity contribution in [1.29, 1.82) is 0 Å². The summed E-state index contributed by atoms with van der Waals surface area (Å²) in [6, 6.07) is 15.2. The van der Waals surface area contributed by atoms with E-state index in [4.69, 9.17) is 9.84 Å². The normalized spacial score (nSPS) is 18.6.